The molecule has 0 aliphatic rings. The van der Waals surface area contributed by atoms with Crippen molar-refractivity contribution in [2.24, 2.45) is 0 Å². The minimum absolute atomic E-state index is 0.0792. The summed E-state index contributed by atoms with van der Waals surface area (Å²) in [6, 6.07) is 0.939. The molecule has 0 aromatic carbocycles. The largest absolute Gasteiger partial charge is 0.433 e. The molecule has 0 saturated heterocycles. The standard InChI is InChI=1S/C8H6BClF3N/c1-4-2-6(8(11,12)13)14-7(10)5(4)3-9/h2H,3H2,1H3. The Kier molecular flexibility index (Phi) is 3.09. The summed E-state index contributed by atoms with van der Waals surface area (Å²) in [6.45, 7) is 1.52. The summed E-state index contributed by atoms with van der Waals surface area (Å²) in [5.74, 6) is 0. The van der Waals surface area contributed by atoms with E-state index in [1.807, 2.05) is 0 Å². The molecule has 0 aliphatic heterocycles. The second-order valence-corrected chi connectivity index (χ2v) is 3.15. The Balaban J connectivity index is 3.28. The van der Waals surface area contributed by atoms with Gasteiger partial charge in [0, 0.05) is 0 Å². The summed E-state index contributed by atoms with van der Waals surface area (Å²) in [6.07, 6.45) is -4.39. The molecule has 74 valence electrons. The third-order valence-electron chi connectivity index (χ3n) is 1.79. The van der Waals surface area contributed by atoms with Crippen LogP contribution in [0.5, 0.6) is 0 Å². The predicted octanol–water partition coefficient (Wildman–Crippen LogP) is 2.73. The Morgan fingerprint density at radius 3 is 2.43 bits per heavy atom. The van der Waals surface area contributed by atoms with Crippen molar-refractivity contribution < 1.29 is 13.2 Å². The maximum atomic E-state index is 12.2. The van der Waals surface area contributed by atoms with Gasteiger partial charge in [-0.25, -0.2) is 4.98 Å². The van der Waals surface area contributed by atoms with Crippen LogP contribution in [-0.2, 0) is 12.5 Å². The summed E-state index contributed by atoms with van der Waals surface area (Å²) < 4.78 is 36.7. The molecule has 0 bridgehead atoms. The molecule has 0 unspecified atom stereocenters. The van der Waals surface area contributed by atoms with E-state index in [4.69, 9.17) is 19.4 Å². The van der Waals surface area contributed by atoms with Crippen molar-refractivity contribution in [1.29, 1.82) is 0 Å². The quantitative estimate of drug-likeness (QED) is 0.523. The number of nitrogens with zero attached hydrogens (tertiary/aromatic N) is 1. The summed E-state index contributed by atoms with van der Waals surface area (Å²) in [4.78, 5) is 3.24. The van der Waals surface area contributed by atoms with E-state index in [1.165, 1.54) is 6.92 Å². The van der Waals surface area contributed by atoms with Crippen LogP contribution in [0.3, 0.4) is 0 Å². The first-order chi connectivity index (χ1) is 6.36. The SMILES string of the molecule is [B]Cc1c(C)cc(C(F)(F)F)nc1Cl. The highest BCUT2D eigenvalue weighted by molar-refractivity contribution is 6.30. The van der Waals surface area contributed by atoms with E-state index < -0.39 is 11.9 Å². The van der Waals surface area contributed by atoms with Crippen molar-refractivity contribution in [2.75, 3.05) is 0 Å². The molecule has 1 rings (SSSR count). The zero-order valence-electron chi connectivity index (χ0n) is 7.32. The Morgan fingerprint density at radius 1 is 1.50 bits per heavy atom. The second kappa shape index (κ2) is 3.81. The summed E-state index contributed by atoms with van der Waals surface area (Å²) in [7, 11) is 5.30. The van der Waals surface area contributed by atoms with Gasteiger partial charge in [0.05, 0.1) is 7.85 Å². The molecule has 2 radical (unpaired) electrons. The van der Waals surface area contributed by atoms with Gasteiger partial charge < -0.3 is 0 Å². The van der Waals surface area contributed by atoms with Gasteiger partial charge in [-0.15, -0.1) is 0 Å². The van der Waals surface area contributed by atoms with E-state index >= 15 is 0 Å². The van der Waals surface area contributed by atoms with Gasteiger partial charge in [-0.1, -0.05) is 17.9 Å². The van der Waals surface area contributed by atoms with Gasteiger partial charge in [-0.05, 0) is 24.1 Å². The number of aryl methyl sites for hydroxylation is 1. The maximum Gasteiger partial charge on any atom is 0.433 e. The lowest BCUT2D eigenvalue weighted by atomic mass is 9.95. The first kappa shape index (κ1) is 11.4. The number of hydrogen-bond donors (Lipinski definition) is 0. The third-order valence-corrected chi connectivity index (χ3v) is 2.10. The monoisotopic (exact) mass is 219 g/mol. The van der Waals surface area contributed by atoms with Gasteiger partial charge in [0.1, 0.15) is 10.8 Å². The van der Waals surface area contributed by atoms with Crippen LogP contribution in [0.4, 0.5) is 13.2 Å². The Hall–Kier alpha value is -0.705. The Bertz CT molecular complexity index is 328. The van der Waals surface area contributed by atoms with Crippen LogP contribution in [0, 0.1) is 6.92 Å². The van der Waals surface area contributed by atoms with Crippen LogP contribution < -0.4 is 0 Å². The van der Waals surface area contributed by atoms with Crippen LogP contribution in [-0.4, -0.2) is 12.8 Å². The molecular formula is C8H6BClF3N. The first-order valence-corrected chi connectivity index (χ1v) is 4.17. The van der Waals surface area contributed by atoms with E-state index in [1.54, 1.807) is 0 Å². The fraction of sp³-hybridized carbons (Fsp3) is 0.375. The molecule has 1 heterocycles. The lowest BCUT2D eigenvalue weighted by Gasteiger charge is -2.10. The van der Waals surface area contributed by atoms with Crippen LogP contribution in [0.1, 0.15) is 16.8 Å². The number of pyridine rings is 1. The number of halogens is 4. The number of rotatable bonds is 1. The molecule has 0 aliphatic carbocycles. The van der Waals surface area contributed by atoms with E-state index in [-0.39, 0.29) is 11.5 Å². The van der Waals surface area contributed by atoms with Gasteiger partial charge in [0.2, 0.25) is 0 Å². The number of aromatic nitrogens is 1. The molecule has 0 fully saturated rings. The molecule has 0 amide bonds. The molecule has 14 heavy (non-hydrogen) atoms. The fourth-order valence-electron chi connectivity index (χ4n) is 1.05. The summed E-state index contributed by atoms with van der Waals surface area (Å²) >= 11 is 5.55. The van der Waals surface area contributed by atoms with E-state index in [2.05, 4.69) is 4.98 Å². The van der Waals surface area contributed by atoms with Gasteiger partial charge in [0.15, 0.2) is 0 Å². The Morgan fingerprint density at radius 2 is 2.07 bits per heavy atom. The van der Waals surface area contributed by atoms with E-state index in [9.17, 15) is 13.2 Å². The smallest absolute Gasteiger partial charge is 0.231 e. The fourth-order valence-corrected chi connectivity index (χ4v) is 1.37. The molecule has 6 heteroatoms. The lowest BCUT2D eigenvalue weighted by Crippen LogP contribution is -2.10. The van der Waals surface area contributed by atoms with Gasteiger partial charge in [-0.2, -0.15) is 13.2 Å². The second-order valence-electron chi connectivity index (χ2n) is 2.80. The normalized spacial score (nSPS) is 11.8. The molecule has 0 spiro atoms. The highest BCUT2D eigenvalue weighted by atomic mass is 35.5. The van der Waals surface area contributed by atoms with Crippen molar-refractivity contribution in [3.8, 4) is 0 Å². The maximum absolute atomic E-state index is 12.2. The molecule has 0 N–H and O–H groups in total. The average molecular weight is 219 g/mol. The minimum Gasteiger partial charge on any atom is -0.231 e. The van der Waals surface area contributed by atoms with Gasteiger partial charge in [-0.3, -0.25) is 0 Å². The zero-order chi connectivity index (χ0) is 10.9. The predicted molar refractivity (Wildman–Crippen MR) is 48.4 cm³/mol. The van der Waals surface area contributed by atoms with Crippen molar-refractivity contribution in [2.45, 2.75) is 19.4 Å². The topological polar surface area (TPSA) is 12.9 Å². The zero-order valence-corrected chi connectivity index (χ0v) is 8.08. The molecular weight excluding hydrogens is 213 g/mol. The number of hydrogen-bond acceptors (Lipinski definition) is 1. The molecule has 1 aromatic rings. The van der Waals surface area contributed by atoms with E-state index in [0.717, 1.165) is 6.07 Å². The third kappa shape index (κ3) is 2.21. The first-order valence-electron chi connectivity index (χ1n) is 3.79. The van der Waals surface area contributed by atoms with Crippen LogP contribution in [0.25, 0.3) is 0 Å². The average Bonchev–Trinajstić information content (AvgIpc) is 2.01. The van der Waals surface area contributed by atoms with Gasteiger partial charge in [0.25, 0.3) is 0 Å². The van der Waals surface area contributed by atoms with Gasteiger partial charge >= 0.3 is 6.18 Å². The van der Waals surface area contributed by atoms with Crippen molar-refractivity contribution in [3.05, 3.63) is 28.0 Å². The molecule has 1 aromatic heterocycles. The molecule has 0 saturated carbocycles. The van der Waals surface area contributed by atoms with E-state index in [0.29, 0.717) is 11.1 Å². The van der Waals surface area contributed by atoms with Crippen LogP contribution in [0.2, 0.25) is 5.15 Å². The number of alkyl halides is 3. The van der Waals surface area contributed by atoms with Crippen molar-refractivity contribution in [3.63, 3.8) is 0 Å². The molecule has 1 nitrogen and oxygen atoms in total. The minimum atomic E-state index is -4.47. The van der Waals surface area contributed by atoms with Crippen LogP contribution >= 0.6 is 11.6 Å². The van der Waals surface area contributed by atoms with Crippen molar-refractivity contribution in [1.82, 2.24) is 4.98 Å². The Labute approximate surface area is 85.7 Å². The summed E-state index contributed by atoms with van der Waals surface area (Å²) in [5.41, 5.74) is -0.142. The van der Waals surface area contributed by atoms with Crippen molar-refractivity contribution >= 4 is 19.4 Å². The molecule has 0 atom stereocenters. The lowest BCUT2D eigenvalue weighted by molar-refractivity contribution is -0.141. The van der Waals surface area contributed by atoms with Crippen LogP contribution in [0.15, 0.2) is 6.07 Å². The summed E-state index contributed by atoms with van der Waals surface area (Å²) in [5, 5.41) is -0.181. The highest BCUT2D eigenvalue weighted by Gasteiger charge is 2.33. The highest BCUT2D eigenvalue weighted by Crippen LogP contribution is 2.30.